The van der Waals surface area contributed by atoms with Crippen LogP contribution < -0.4 is 0 Å². The summed E-state index contributed by atoms with van der Waals surface area (Å²) in [4.78, 5) is 13.1. The smallest absolute Gasteiger partial charge is 0.168 e. The summed E-state index contributed by atoms with van der Waals surface area (Å²) >= 11 is 0. The Hall–Kier alpha value is -1.11. The highest BCUT2D eigenvalue weighted by molar-refractivity contribution is 6.00. The summed E-state index contributed by atoms with van der Waals surface area (Å²) in [6.45, 7) is 2.27. The Bertz CT molecular complexity index is 442. The van der Waals surface area contributed by atoms with Gasteiger partial charge in [0.25, 0.3) is 0 Å². The van der Waals surface area contributed by atoms with Gasteiger partial charge < -0.3 is 0 Å². The fourth-order valence-corrected chi connectivity index (χ4v) is 4.14. The number of carbonyl (C=O) groups is 1. The number of hydrogen-bond acceptors (Lipinski definition) is 1. The van der Waals surface area contributed by atoms with Crippen LogP contribution in [0.4, 0.5) is 0 Å². The van der Waals surface area contributed by atoms with Crippen molar-refractivity contribution in [3.8, 4) is 0 Å². The Morgan fingerprint density at radius 2 is 1.48 bits per heavy atom. The Kier molecular flexibility index (Phi) is 7.85. The molecule has 0 aromatic heterocycles. The molecule has 1 aliphatic rings. The van der Waals surface area contributed by atoms with Gasteiger partial charge in [-0.3, -0.25) is 4.79 Å². The van der Waals surface area contributed by atoms with Gasteiger partial charge in [0, 0.05) is 11.0 Å². The van der Waals surface area contributed by atoms with Gasteiger partial charge in [-0.05, 0) is 19.3 Å². The molecule has 1 aromatic rings. The molecule has 2 rings (SSSR count). The predicted molar refractivity (Wildman–Crippen MR) is 98.9 cm³/mol. The number of ketones is 1. The highest BCUT2D eigenvalue weighted by Crippen LogP contribution is 2.43. The topological polar surface area (TPSA) is 17.1 Å². The summed E-state index contributed by atoms with van der Waals surface area (Å²) in [5, 5.41) is 0. The molecule has 0 saturated heterocycles. The molecule has 128 valence electrons. The zero-order valence-corrected chi connectivity index (χ0v) is 15.0. The normalized spacial score (nSPS) is 17.1. The summed E-state index contributed by atoms with van der Waals surface area (Å²) in [7, 11) is 0. The van der Waals surface area contributed by atoms with Crippen molar-refractivity contribution < 1.29 is 4.79 Å². The van der Waals surface area contributed by atoms with E-state index in [1.807, 2.05) is 30.3 Å². The Morgan fingerprint density at radius 3 is 2.13 bits per heavy atom. The molecule has 1 aliphatic carbocycles. The summed E-state index contributed by atoms with van der Waals surface area (Å²) in [6.07, 6.45) is 16.4. The third-order valence-electron chi connectivity index (χ3n) is 5.59. The van der Waals surface area contributed by atoms with Gasteiger partial charge in [-0.15, -0.1) is 0 Å². The fraction of sp³-hybridized carbons (Fsp3) is 0.682. The second-order valence-electron chi connectivity index (χ2n) is 7.41. The van der Waals surface area contributed by atoms with Crippen LogP contribution in [0.25, 0.3) is 0 Å². The quantitative estimate of drug-likeness (QED) is 0.337. The SMILES string of the molecule is CCCCCCCCCC1(C(=O)c2ccccc2)CCCCC1. The molecule has 0 heterocycles. The third-order valence-corrected chi connectivity index (χ3v) is 5.59. The molecule has 0 radical (unpaired) electrons. The largest absolute Gasteiger partial charge is 0.294 e. The van der Waals surface area contributed by atoms with E-state index in [2.05, 4.69) is 6.92 Å². The molecule has 23 heavy (non-hydrogen) atoms. The number of Topliss-reactive ketones (excluding diaryl/α,β-unsaturated/α-hetero) is 1. The number of unbranched alkanes of at least 4 members (excludes halogenated alkanes) is 6. The van der Waals surface area contributed by atoms with E-state index < -0.39 is 0 Å². The van der Waals surface area contributed by atoms with Gasteiger partial charge in [-0.1, -0.05) is 101 Å². The standard InChI is InChI=1S/C22H34O/c1-2-3-4-5-6-7-12-17-22(18-13-9-14-19-22)21(23)20-15-10-8-11-16-20/h8,10-11,15-16H,2-7,9,12-14,17-19H2,1H3. The third kappa shape index (κ3) is 5.48. The van der Waals surface area contributed by atoms with Gasteiger partial charge in [0.15, 0.2) is 5.78 Å². The first-order valence-corrected chi connectivity index (χ1v) is 9.88. The van der Waals surface area contributed by atoms with Crippen molar-refractivity contribution in [3.05, 3.63) is 35.9 Å². The minimum Gasteiger partial charge on any atom is -0.294 e. The van der Waals surface area contributed by atoms with E-state index in [9.17, 15) is 4.79 Å². The minimum atomic E-state index is -0.0526. The van der Waals surface area contributed by atoms with E-state index >= 15 is 0 Å². The molecule has 0 N–H and O–H groups in total. The first-order valence-electron chi connectivity index (χ1n) is 9.88. The lowest BCUT2D eigenvalue weighted by Crippen LogP contribution is -2.33. The average Bonchev–Trinajstić information content (AvgIpc) is 2.62. The summed E-state index contributed by atoms with van der Waals surface area (Å²) < 4.78 is 0. The first kappa shape index (κ1) is 18.2. The molecule has 0 atom stereocenters. The number of rotatable bonds is 10. The van der Waals surface area contributed by atoms with Crippen molar-refractivity contribution in [2.75, 3.05) is 0 Å². The van der Waals surface area contributed by atoms with Crippen molar-refractivity contribution >= 4 is 5.78 Å². The molecule has 1 heteroatoms. The van der Waals surface area contributed by atoms with Crippen LogP contribution in [0.5, 0.6) is 0 Å². The Morgan fingerprint density at radius 1 is 0.870 bits per heavy atom. The van der Waals surface area contributed by atoms with Crippen LogP contribution in [0.3, 0.4) is 0 Å². The molecular formula is C22H34O. The van der Waals surface area contributed by atoms with Crippen molar-refractivity contribution in [2.45, 2.75) is 90.4 Å². The van der Waals surface area contributed by atoms with E-state index in [1.165, 1.54) is 64.2 Å². The van der Waals surface area contributed by atoms with Crippen LogP contribution in [0, 0.1) is 5.41 Å². The lowest BCUT2D eigenvalue weighted by atomic mass is 9.66. The predicted octanol–water partition coefficient (Wildman–Crippen LogP) is 6.96. The molecule has 1 fully saturated rings. The van der Waals surface area contributed by atoms with Gasteiger partial charge in [0.05, 0.1) is 0 Å². The molecule has 0 amide bonds. The average molecular weight is 315 g/mol. The monoisotopic (exact) mass is 314 g/mol. The molecule has 0 bridgehead atoms. The molecule has 0 unspecified atom stereocenters. The van der Waals surface area contributed by atoms with Gasteiger partial charge in [0.2, 0.25) is 0 Å². The lowest BCUT2D eigenvalue weighted by Gasteiger charge is -2.36. The van der Waals surface area contributed by atoms with Crippen LogP contribution in [-0.4, -0.2) is 5.78 Å². The van der Waals surface area contributed by atoms with Crippen molar-refractivity contribution in [2.24, 2.45) is 5.41 Å². The van der Waals surface area contributed by atoms with E-state index in [-0.39, 0.29) is 5.41 Å². The summed E-state index contributed by atoms with van der Waals surface area (Å²) in [5.41, 5.74) is 0.876. The highest BCUT2D eigenvalue weighted by atomic mass is 16.1. The van der Waals surface area contributed by atoms with Crippen molar-refractivity contribution in [1.82, 2.24) is 0 Å². The van der Waals surface area contributed by atoms with E-state index in [4.69, 9.17) is 0 Å². The van der Waals surface area contributed by atoms with Gasteiger partial charge >= 0.3 is 0 Å². The zero-order chi connectivity index (χ0) is 16.4. The second-order valence-corrected chi connectivity index (χ2v) is 7.41. The minimum absolute atomic E-state index is 0.0526. The summed E-state index contributed by atoms with van der Waals surface area (Å²) in [6, 6.07) is 10.0. The van der Waals surface area contributed by atoms with Gasteiger partial charge in [0.1, 0.15) is 0 Å². The van der Waals surface area contributed by atoms with Crippen LogP contribution in [0.1, 0.15) is 101 Å². The van der Waals surface area contributed by atoms with Gasteiger partial charge in [-0.25, -0.2) is 0 Å². The number of carbonyl (C=O) groups excluding carboxylic acids is 1. The number of benzene rings is 1. The fourth-order valence-electron chi connectivity index (χ4n) is 4.14. The van der Waals surface area contributed by atoms with Crippen LogP contribution >= 0.6 is 0 Å². The second kappa shape index (κ2) is 9.90. The lowest BCUT2D eigenvalue weighted by molar-refractivity contribution is 0.0683. The van der Waals surface area contributed by atoms with Crippen molar-refractivity contribution in [1.29, 1.82) is 0 Å². The van der Waals surface area contributed by atoms with E-state index in [0.29, 0.717) is 5.78 Å². The maximum absolute atomic E-state index is 13.1. The molecule has 0 aliphatic heterocycles. The van der Waals surface area contributed by atoms with Crippen LogP contribution in [0.2, 0.25) is 0 Å². The number of hydrogen-bond donors (Lipinski definition) is 0. The Balaban J connectivity index is 1.87. The van der Waals surface area contributed by atoms with Crippen LogP contribution in [0.15, 0.2) is 30.3 Å². The first-order chi connectivity index (χ1) is 11.3. The maximum Gasteiger partial charge on any atom is 0.168 e. The van der Waals surface area contributed by atoms with E-state index in [0.717, 1.165) is 24.8 Å². The highest BCUT2D eigenvalue weighted by Gasteiger charge is 2.38. The molecule has 1 nitrogen and oxygen atoms in total. The zero-order valence-electron chi connectivity index (χ0n) is 15.0. The summed E-state index contributed by atoms with van der Waals surface area (Å²) in [5.74, 6) is 0.420. The van der Waals surface area contributed by atoms with E-state index in [1.54, 1.807) is 0 Å². The molecule has 1 aromatic carbocycles. The molecular weight excluding hydrogens is 280 g/mol. The molecule has 0 spiro atoms. The van der Waals surface area contributed by atoms with Crippen LogP contribution in [-0.2, 0) is 0 Å². The van der Waals surface area contributed by atoms with Gasteiger partial charge in [-0.2, -0.15) is 0 Å². The maximum atomic E-state index is 13.1. The van der Waals surface area contributed by atoms with Crippen molar-refractivity contribution in [3.63, 3.8) is 0 Å². The molecule has 1 saturated carbocycles. The Labute approximate surface area is 142 Å².